The summed E-state index contributed by atoms with van der Waals surface area (Å²) in [4.78, 5) is 26.2. The number of likely N-dealkylation sites (N-methyl/N-ethyl adjacent to an activating group) is 1. The van der Waals surface area contributed by atoms with E-state index in [1.807, 2.05) is 34.9 Å². The number of para-hydroxylation sites is 1. The van der Waals surface area contributed by atoms with Crippen LogP contribution in [0.2, 0.25) is 5.02 Å². The molecule has 0 spiro atoms. The van der Waals surface area contributed by atoms with Gasteiger partial charge >= 0.3 is 0 Å². The molecule has 1 aromatic heterocycles. The Morgan fingerprint density at radius 1 is 1.13 bits per heavy atom. The van der Waals surface area contributed by atoms with Crippen LogP contribution in [-0.4, -0.2) is 50.8 Å². The molecule has 0 unspecified atom stereocenters. The Labute approximate surface area is 189 Å². The van der Waals surface area contributed by atoms with Gasteiger partial charge in [0.1, 0.15) is 5.82 Å². The average molecular weight is 456 g/mol. The van der Waals surface area contributed by atoms with Crippen LogP contribution in [0.3, 0.4) is 0 Å². The van der Waals surface area contributed by atoms with Gasteiger partial charge in [-0.3, -0.25) is 14.2 Å². The molecule has 9 heteroatoms. The van der Waals surface area contributed by atoms with Crippen LogP contribution in [0, 0.1) is 0 Å². The first-order valence-electron chi connectivity index (χ1n) is 9.94. The number of rotatable bonds is 8. The quantitative estimate of drug-likeness (QED) is 0.519. The fourth-order valence-electron chi connectivity index (χ4n) is 3.07. The molecule has 0 bridgehead atoms. The van der Waals surface area contributed by atoms with Crippen molar-refractivity contribution in [1.82, 2.24) is 19.7 Å². The number of halogens is 1. The largest absolute Gasteiger partial charge is 0.336 e. The Hall–Kier alpha value is -2.84. The normalized spacial score (nSPS) is 13.1. The second kappa shape index (κ2) is 9.53. The van der Waals surface area contributed by atoms with Crippen molar-refractivity contribution in [1.29, 1.82) is 0 Å². The Morgan fingerprint density at radius 2 is 1.84 bits per heavy atom. The van der Waals surface area contributed by atoms with Gasteiger partial charge in [-0.1, -0.05) is 41.6 Å². The number of thioether (sulfide) groups is 1. The summed E-state index contributed by atoms with van der Waals surface area (Å²) in [6.45, 7) is -0.0410. The van der Waals surface area contributed by atoms with Gasteiger partial charge in [0.15, 0.2) is 5.16 Å². The number of hydrogen-bond donors (Lipinski definition) is 1. The van der Waals surface area contributed by atoms with Crippen molar-refractivity contribution in [2.45, 2.75) is 23.9 Å². The van der Waals surface area contributed by atoms with E-state index in [1.165, 1.54) is 16.7 Å². The summed E-state index contributed by atoms with van der Waals surface area (Å²) in [5.41, 5.74) is 1.62. The van der Waals surface area contributed by atoms with Crippen molar-refractivity contribution < 1.29 is 9.59 Å². The van der Waals surface area contributed by atoms with Crippen LogP contribution in [0.5, 0.6) is 0 Å². The van der Waals surface area contributed by atoms with Crippen LogP contribution in [0.15, 0.2) is 59.8 Å². The molecular formula is C22H22ClN5O2S. The number of aromatic nitrogens is 3. The third kappa shape index (κ3) is 5.45. The summed E-state index contributed by atoms with van der Waals surface area (Å²) < 4.78 is 2.03. The van der Waals surface area contributed by atoms with Crippen molar-refractivity contribution in [2.24, 2.45) is 0 Å². The maximum Gasteiger partial charge on any atom is 0.243 e. The highest BCUT2D eigenvalue weighted by Crippen LogP contribution is 2.41. The monoisotopic (exact) mass is 455 g/mol. The maximum absolute atomic E-state index is 12.6. The molecule has 160 valence electrons. The van der Waals surface area contributed by atoms with Crippen LogP contribution in [-0.2, 0) is 9.59 Å². The van der Waals surface area contributed by atoms with Crippen molar-refractivity contribution in [3.05, 3.63) is 65.4 Å². The topological polar surface area (TPSA) is 80.1 Å². The summed E-state index contributed by atoms with van der Waals surface area (Å²) in [6, 6.07) is 16.7. The highest BCUT2D eigenvalue weighted by atomic mass is 35.5. The molecule has 4 rings (SSSR count). The van der Waals surface area contributed by atoms with Gasteiger partial charge in [-0.2, -0.15) is 0 Å². The second-order valence-corrected chi connectivity index (χ2v) is 8.76. The van der Waals surface area contributed by atoms with E-state index in [-0.39, 0.29) is 24.1 Å². The molecule has 2 amide bonds. The van der Waals surface area contributed by atoms with Crippen molar-refractivity contribution in [3.63, 3.8) is 0 Å². The zero-order chi connectivity index (χ0) is 21.8. The zero-order valence-corrected chi connectivity index (χ0v) is 18.6. The minimum Gasteiger partial charge on any atom is -0.336 e. The maximum atomic E-state index is 12.6. The van der Waals surface area contributed by atoms with Crippen LogP contribution in [0.1, 0.15) is 24.6 Å². The minimum atomic E-state index is -0.272. The Morgan fingerprint density at radius 3 is 2.52 bits per heavy atom. The van der Waals surface area contributed by atoms with Gasteiger partial charge in [0.05, 0.1) is 12.3 Å². The lowest BCUT2D eigenvalue weighted by Crippen LogP contribution is -2.36. The standard InChI is InChI=1S/C22H22ClN5O2S/c1-27(13-19(29)24-17-11-9-16(23)10-12-17)20(30)14-31-22-26-25-21(15-7-8-15)28(22)18-5-3-2-4-6-18/h2-6,9-12,15H,7-8,13-14H2,1H3,(H,24,29). The van der Waals surface area contributed by atoms with Gasteiger partial charge in [0.2, 0.25) is 11.8 Å². The first kappa shape index (κ1) is 21.4. The van der Waals surface area contributed by atoms with E-state index >= 15 is 0 Å². The highest BCUT2D eigenvalue weighted by molar-refractivity contribution is 7.99. The lowest BCUT2D eigenvalue weighted by atomic mass is 10.3. The number of nitrogens with one attached hydrogen (secondary N) is 1. The molecule has 0 saturated heterocycles. The molecule has 0 aliphatic heterocycles. The average Bonchev–Trinajstić information content (AvgIpc) is 3.53. The predicted octanol–water partition coefficient (Wildman–Crippen LogP) is 3.99. The lowest BCUT2D eigenvalue weighted by molar-refractivity contribution is -0.131. The van der Waals surface area contributed by atoms with E-state index < -0.39 is 0 Å². The van der Waals surface area contributed by atoms with E-state index in [0.717, 1.165) is 24.4 Å². The van der Waals surface area contributed by atoms with Gasteiger partial charge in [-0.25, -0.2) is 0 Å². The zero-order valence-electron chi connectivity index (χ0n) is 17.0. The van der Waals surface area contributed by atoms with Gasteiger partial charge in [0.25, 0.3) is 0 Å². The minimum absolute atomic E-state index is 0.0410. The number of benzene rings is 2. The van der Waals surface area contributed by atoms with Gasteiger partial charge in [-0.15, -0.1) is 10.2 Å². The molecular weight excluding hydrogens is 434 g/mol. The molecule has 1 aliphatic rings. The molecule has 1 saturated carbocycles. The Balaban J connectivity index is 1.36. The van der Waals surface area contributed by atoms with Gasteiger partial charge in [-0.05, 0) is 49.2 Å². The van der Waals surface area contributed by atoms with Gasteiger partial charge in [0, 0.05) is 29.4 Å². The van der Waals surface area contributed by atoms with Crippen molar-refractivity contribution in [2.75, 3.05) is 24.7 Å². The second-order valence-electron chi connectivity index (χ2n) is 7.38. The number of anilines is 1. The van der Waals surface area contributed by atoms with Crippen LogP contribution >= 0.6 is 23.4 Å². The summed E-state index contributed by atoms with van der Waals surface area (Å²) in [6.07, 6.45) is 2.22. The molecule has 0 atom stereocenters. The summed E-state index contributed by atoms with van der Waals surface area (Å²) in [5, 5.41) is 12.7. The number of hydrogen-bond acceptors (Lipinski definition) is 5. The number of nitrogens with zero attached hydrogens (tertiary/aromatic N) is 4. The van der Waals surface area contributed by atoms with E-state index in [2.05, 4.69) is 15.5 Å². The van der Waals surface area contributed by atoms with Crippen molar-refractivity contribution >= 4 is 40.9 Å². The molecule has 3 aromatic rings. The molecule has 31 heavy (non-hydrogen) atoms. The third-order valence-electron chi connectivity index (χ3n) is 4.87. The fourth-order valence-corrected chi connectivity index (χ4v) is 4.10. The molecule has 7 nitrogen and oxygen atoms in total. The molecule has 1 aliphatic carbocycles. The Bertz CT molecular complexity index is 1070. The molecule has 1 N–H and O–H groups in total. The summed E-state index contributed by atoms with van der Waals surface area (Å²) in [7, 11) is 1.61. The third-order valence-corrected chi connectivity index (χ3v) is 6.04. The lowest BCUT2D eigenvalue weighted by Gasteiger charge is -2.17. The van der Waals surface area contributed by atoms with E-state index in [0.29, 0.717) is 21.8 Å². The van der Waals surface area contributed by atoms with Gasteiger partial charge < -0.3 is 10.2 Å². The predicted molar refractivity (Wildman–Crippen MR) is 122 cm³/mol. The van der Waals surface area contributed by atoms with Crippen molar-refractivity contribution in [3.8, 4) is 5.69 Å². The highest BCUT2D eigenvalue weighted by Gasteiger charge is 2.31. The van der Waals surface area contributed by atoms with Crippen LogP contribution in [0.4, 0.5) is 5.69 Å². The first-order valence-corrected chi connectivity index (χ1v) is 11.3. The summed E-state index contributed by atoms with van der Waals surface area (Å²) in [5.74, 6) is 1.10. The first-order chi connectivity index (χ1) is 15.0. The molecule has 1 fully saturated rings. The molecule has 2 aromatic carbocycles. The van der Waals surface area contributed by atoms with Crippen LogP contribution < -0.4 is 5.32 Å². The SMILES string of the molecule is CN(CC(=O)Nc1ccc(Cl)cc1)C(=O)CSc1nnc(C2CC2)n1-c1ccccc1. The summed E-state index contributed by atoms with van der Waals surface area (Å²) >= 11 is 7.18. The van der Waals surface area contributed by atoms with Crippen LogP contribution in [0.25, 0.3) is 5.69 Å². The molecule has 0 radical (unpaired) electrons. The fraction of sp³-hybridized carbons (Fsp3) is 0.273. The van der Waals surface area contributed by atoms with E-state index in [1.54, 1.807) is 31.3 Å². The van der Waals surface area contributed by atoms with E-state index in [4.69, 9.17) is 11.6 Å². The number of carbonyl (C=O) groups excluding carboxylic acids is 2. The Kier molecular flexibility index (Phi) is 6.58. The van der Waals surface area contributed by atoms with E-state index in [9.17, 15) is 9.59 Å². The number of carbonyl (C=O) groups is 2. The number of amides is 2. The smallest absolute Gasteiger partial charge is 0.243 e. The molecule has 1 heterocycles.